The van der Waals surface area contributed by atoms with Crippen LogP contribution in [0, 0.1) is 0 Å². The number of anilines is 1. The van der Waals surface area contributed by atoms with Crippen LogP contribution in [0.25, 0.3) is 0 Å². The van der Waals surface area contributed by atoms with Crippen LogP contribution in [-0.2, 0) is 9.59 Å². The molecule has 0 saturated carbocycles. The number of benzene rings is 2. The van der Waals surface area contributed by atoms with Crippen LogP contribution >= 0.6 is 15.9 Å². The first-order valence-electron chi connectivity index (χ1n) is 9.81. The molecule has 0 aliphatic rings. The number of aromatic amines is 1. The number of carbonyl (C=O) groups excluding carboxylic acids is 3. The summed E-state index contributed by atoms with van der Waals surface area (Å²) in [7, 11) is 0. The molecule has 1 unspecified atom stereocenters. The van der Waals surface area contributed by atoms with Crippen molar-refractivity contribution in [2.24, 2.45) is 0 Å². The van der Waals surface area contributed by atoms with E-state index < -0.39 is 29.2 Å². The number of aromatic nitrogens is 1. The van der Waals surface area contributed by atoms with E-state index in [-0.39, 0.29) is 5.56 Å². The first-order chi connectivity index (χ1) is 14.7. The largest absolute Gasteiger partial charge is 0.363 e. The first kappa shape index (κ1) is 22.5. The van der Waals surface area contributed by atoms with Crippen molar-refractivity contribution in [1.29, 1.82) is 0 Å². The summed E-state index contributed by atoms with van der Waals surface area (Å²) in [6.07, 6.45) is 1.68. The van der Waals surface area contributed by atoms with Crippen LogP contribution in [-0.4, -0.2) is 28.1 Å². The van der Waals surface area contributed by atoms with Crippen LogP contribution in [0.4, 0.5) is 5.69 Å². The highest BCUT2D eigenvalue weighted by molar-refractivity contribution is 9.10. The summed E-state index contributed by atoms with van der Waals surface area (Å²) in [5.41, 5.74) is 0.663. The van der Waals surface area contributed by atoms with Gasteiger partial charge >= 0.3 is 0 Å². The number of rotatable bonds is 6. The fourth-order valence-electron chi connectivity index (χ4n) is 3.16. The van der Waals surface area contributed by atoms with E-state index in [0.717, 1.165) is 4.47 Å². The molecule has 0 spiro atoms. The van der Waals surface area contributed by atoms with Gasteiger partial charge in [-0.2, -0.15) is 0 Å². The molecular weight excluding hydrogens is 458 g/mol. The zero-order chi connectivity index (χ0) is 22.6. The van der Waals surface area contributed by atoms with Gasteiger partial charge in [-0.05, 0) is 57.2 Å². The molecule has 0 bridgehead atoms. The molecule has 1 aromatic heterocycles. The molecule has 1 heterocycles. The van der Waals surface area contributed by atoms with Gasteiger partial charge in [-0.3, -0.25) is 19.3 Å². The molecule has 0 saturated heterocycles. The third-order valence-electron chi connectivity index (χ3n) is 4.48. The fraction of sp³-hybridized carbons (Fsp3) is 0.208. The number of nitrogens with one attached hydrogen (secondary N) is 2. The van der Waals surface area contributed by atoms with Gasteiger partial charge in [0.1, 0.15) is 0 Å². The van der Waals surface area contributed by atoms with Crippen molar-refractivity contribution in [2.75, 3.05) is 4.90 Å². The molecular formula is C24H24BrN3O3. The van der Waals surface area contributed by atoms with Gasteiger partial charge in [-0.15, -0.1) is 0 Å². The van der Waals surface area contributed by atoms with Gasteiger partial charge in [0.25, 0.3) is 11.7 Å². The van der Waals surface area contributed by atoms with Crippen molar-refractivity contribution < 1.29 is 14.4 Å². The Kier molecular flexibility index (Phi) is 6.75. The van der Waals surface area contributed by atoms with Crippen molar-refractivity contribution >= 4 is 39.2 Å². The van der Waals surface area contributed by atoms with E-state index in [0.29, 0.717) is 11.4 Å². The number of hydrogen-bond donors (Lipinski definition) is 2. The van der Waals surface area contributed by atoms with Crippen molar-refractivity contribution in [1.82, 2.24) is 10.3 Å². The minimum Gasteiger partial charge on any atom is -0.363 e. The second-order valence-electron chi connectivity index (χ2n) is 8.11. The van der Waals surface area contributed by atoms with Crippen LogP contribution < -0.4 is 10.2 Å². The number of carbonyl (C=O) groups is 3. The molecule has 3 aromatic rings. The fourth-order valence-corrected chi connectivity index (χ4v) is 3.42. The van der Waals surface area contributed by atoms with E-state index >= 15 is 0 Å². The molecule has 2 N–H and O–H groups in total. The van der Waals surface area contributed by atoms with Crippen LogP contribution in [0.5, 0.6) is 0 Å². The zero-order valence-corrected chi connectivity index (χ0v) is 19.1. The van der Waals surface area contributed by atoms with Crippen LogP contribution in [0.1, 0.15) is 42.9 Å². The monoisotopic (exact) mass is 481 g/mol. The zero-order valence-electron chi connectivity index (χ0n) is 17.6. The van der Waals surface area contributed by atoms with E-state index in [1.165, 1.54) is 4.90 Å². The molecule has 6 nitrogen and oxygen atoms in total. The molecule has 1 atom stereocenters. The van der Waals surface area contributed by atoms with E-state index in [2.05, 4.69) is 26.2 Å². The number of nitrogens with zero attached hydrogens (tertiary/aromatic N) is 1. The molecule has 0 aliphatic carbocycles. The lowest BCUT2D eigenvalue weighted by atomic mass is 10.0. The number of halogens is 1. The van der Waals surface area contributed by atoms with Crippen molar-refractivity contribution in [2.45, 2.75) is 32.4 Å². The number of ketones is 1. The van der Waals surface area contributed by atoms with Gasteiger partial charge in [-0.1, -0.05) is 46.3 Å². The molecule has 0 aliphatic heterocycles. The van der Waals surface area contributed by atoms with E-state index in [4.69, 9.17) is 0 Å². The lowest BCUT2D eigenvalue weighted by molar-refractivity contribution is -0.126. The molecule has 2 amide bonds. The molecule has 3 rings (SSSR count). The second kappa shape index (κ2) is 9.31. The summed E-state index contributed by atoms with van der Waals surface area (Å²) in [4.78, 5) is 44.2. The SMILES string of the molecule is CC(C)(C)NC(=O)C(c1ccc[nH]1)N(C(=O)C(=O)c1ccccc1)c1ccc(Br)cc1. The quantitative estimate of drug-likeness (QED) is 0.397. The van der Waals surface area contributed by atoms with Crippen molar-refractivity contribution in [3.8, 4) is 0 Å². The number of amides is 2. The predicted octanol–water partition coefficient (Wildman–Crippen LogP) is 4.65. The Labute approximate surface area is 189 Å². The Morgan fingerprint density at radius 2 is 1.58 bits per heavy atom. The minimum atomic E-state index is -1.06. The Hall–Kier alpha value is -3.19. The normalized spacial score (nSPS) is 12.1. The Morgan fingerprint density at radius 1 is 0.935 bits per heavy atom. The average Bonchev–Trinajstić information content (AvgIpc) is 3.25. The number of hydrogen-bond acceptors (Lipinski definition) is 3. The van der Waals surface area contributed by atoms with Gasteiger partial charge in [0.05, 0.1) is 0 Å². The number of H-pyrrole nitrogens is 1. The molecule has 0 radical (unpaired) electrons. The van der Waals surface area contributed by atoms with E-state index in [9.17, 15) is 14.4 Å². The summed E-state index contributed by atoms with van der Waals surface area (Å²) < 4.78 is 0.814. The summed E-state index contributed by atoms with van der Waals surface area (Å²) in [5.74, 6) is -1.88. The maximum absolute atomic E-state index is 13.5. The van der Waals surface area contributed by atoms with E-state index in [1.807, 2.05) is 20.8 Å². The smallest absolute Gasteiger partial charge is 0.300 e. The first-order valence-corrected chi connectivity index (χ1v) is 10.6. The Bertz CT molecular complexity index is 1060. The molecule has 2 aromatic carbocycles. The van der Waals surface area contributed by atoms with Crippen molar-refractivity contribution in [3.05, 3.63) is 88.7 Å². The molecule has 7 heteroatoms. The van der Waals surface area contributed by atoms with Crippen molar-refractivity contribution in [3.63, 3.8) is 0 Å². The number of Topliss-reactive ketones (excluding diaryl/α,β-unsaturated/α-hetero) is 1. The van der Waals surface area contributed by atoms with Crippen LogP contribution in [0.3, 0.4) is 0 Å². The second-order valence-corrected chi connectivity index (χ2v) is 9.03. The highest BCUT2D eigenvalue weighted by atomic mass is 79.9. The minimum absolute atomic E-state index is 0.260. The average molecular weight is 482 g/mol. The lowest BCUT2D eigenvalue weighted by Crippen LogP contribution is -2.51. The summed E-state index contributed by atoms with van der Waals surface area (Å²) >= 11 is 3.39. The highest BCUT2D eigenvalue weighted by Crippen LogP contribution is 2.29. The lowest BCUT2D eigenvalue weighted by Gasteiger charge is -2.32. The molecule has 0 fully saturated rings. The summed E-state index contributed by atoms with van der Waals surface area (Å²) in [5, 5.41) is 2.93. The topological polar surface area (TPSA) is 82.3 Å². The maximum atomic E-state index is 13.5. The van der Waals surface area contributed by atoms with Gasteiger partial charge in [-0.25, -0.2) is 0 Å². The Morgan fingerprint density at radius 3 is 2.13 bits per heavy atom. The van der Waals surface area contributed by atoms with Gasteiger partial charge < -0.3 is 10.3 Å². The van der Waals surface area contributed by atoms with E-state index in [1.54, 1.807) is 72.9 Å². The third kappa shape index (κ3) is 5.49. The standard InChI is InChI=1S/C24H24BrN3O3/c1-24(2,3)27-22(30)20(19-10-7-15-26-19)28(18-13-11-17(25)12-14-18)23(31)21(29)16-8-5-4-6-9-16/h4-15,20,26H,1-3H3,(H,27,30). The molecule has 31 heavy (non-hydrogen) atoms. The van der Waals surface area contributed by atoms with Gasteiger partial charge in [0.15, 0.2) is 6.04 Å². The maximum Gasteiger partial charge on any atom is 0.300 e. The van der Waals surface area contributed by atoms with Gasteiger partial charge in [0.2, 0.25) is 5.91 Å². The molecule has 160 valence electrons. The highest BCUT2D eigenvalue weighted by Gasteiger charge is 2.37. The Balaban J connectivity index is 2.12. The predicted molar refractivity (Wildman–Crippen MR) is 124 cm³/mol. The van der Waals surface area contributed by atoms with Crippen LogP contribution in [0.2, 0.25) is 0 Å². The van der Waals surface area contributed by atoms with Gasteiger partial charge in [0, 0.05) is 33.2 Å². The van der Waals surface area contributed by atoms with Crippen LogP contribution in [0.15, 0.2) is 77.4 Å². The summed E-state index contributed by atoms with van der Waals surface area (Å²) in [6.45, 7) is 5.58. The third-order valence-corrected chi connectivity index (χ3v) is 5.00. The summed E-state index contributed by atoms with van der Waals surface area (Å²) in [6, 6.07) is 17.6.